The van der Waals surface area contributed by atoms with Crippen LogP contribution in [-0.2, 0) is 14.4 Å². The third-order valence-electron chi connectivity index (χ3n) is 1.21. The van der Waals surface area contributed by atoms with Crippen LogP contribution in [0.25, 0.3) is 0 Å². The molecule has 0 radical (unpaired) electrons. The molecular weight excluding hydrogens is 170 g/mol. The van der Waals surface area contributed by atoms with Gasteiger partial charge in [0.25, 0.3) is 0 Å². The smallest absolute Gasteiger partial charge is 0.356 e. The van der Waals surface area contributed by atoms with Crippen molar-refractivity contribution in [2.24, 2.45) is 5.16 Å². The highest BCUT2D eigenvalue weighted by molar-refractivity contribution is 6.36. The molecule has 0 aliphatic carbocycles. The number of carbonyl (C=O) groups is 1. The van der Waals surface area contributed by atoms with Crippen molar-refractivity contribution in [3.8, 4) is 0 Å². The fourth-order valence-corrected chi connectivity index (χ4v) is 0.628. The van der Waals surface area contributed by atoms with E-state index in [0.29, 0.717) is 25.3 Å². The summed E-state index contributed by atoms with van der Waals surface area (Å²) >= 11 is 0. The second kappa shape index (κ2) is 7.34. The van der Waals surface area contributed by atoms with Crippen LogP contribution in [0.15, 0.2) is 17.8 Å². The molecule has 0 bridgehead atoms. The molecule has 0 fully saturated rings. The minimum absolute atomic E-state index is 0.295. The SMILES string of the molecule is C=CCON=C(CC)C(=O)OCC. The van der Waals surface area contributed by atoms with Crippen LogP contribution in [0.3, 0.4) is 0 Å². The molecule has 0 aliphatic heterocycles. The Balaban J connectivity index is 4.05. The average Bonchev–Trinajstić information content (AvgIpc) is 2.13. The number of hydrogen-bond acceptors (Lipinski definition) is 4. The number of oxime groups is 1. The van der Waals surface area contributed by atoms with Gasteiger partial charge in [-0.25, -0.2) is 4.79 Å². The minimum atomic E-state index is -0.422. The van der Waals surface area contributed by atoms with Crippen LogP contribution < -0.4 is 0 Å². The maximum atomic E-state index is 11.1. The molecule has 0 aromatic heterocycles. The zero-order valence-corrected chi connectivity index (χ0v) is 8.08. The van der Waals surface area contributed by atoms with Crippen LogP contribution in [0.1, 0.15) is 20.3 Å². The highest BCUT2D eigenvalue weighted by Gasteiger charge is 2.10. The van der Waals surface area contributed by atoms with E-state index in [1.165, 1.54) is 0 Å². The number of ether oxygens (including phenoxy) is 1. The van der Waals surface area contributed by atoms with Crippen molar-refractivity contribution < 1.29 is 14.4 Å². The Kier molecular flexibility index (Phi) is 6.59. The van der Waals surface area contributed by atoms with E-state index in [9.17, 15) is 4.79 Å². The van der Waals surface area contributed by atoms with Gasteiger partial charge >= 0.3 is 5.97 Å². The summed E-state index contributed by atoms with van der Waals surface area (Å²) in [5, 5.41) is 3.62. The molecule has 13 heavy (non-hydrogen) atoms. The summed E-state index contributed by atoms with van der Waals surface area (Å²) in [7, 11) is 0. The first kappa shape index (κ1) is 11.7. The maximum Gasteiger partial charge on any atom is 0.356 e. The molecule has 0 aliphatic rings. The summed E-state index contributed by atoms with van der Waals surface area (Å²) in [5.74, 6) is -0.422. The molecule has 0 aromatic rings. The molecule has 0 atom stereocenters. The van der Waals surface area contributed by atoms with Gasteiger partial charge in [0.15, 0.2) is 5.71 Å². The van der Waals surface area contributed by atoms with E-state index in [1.54, 1.807) is 13.0 Å². The Morgan fingerprint density at radius 1 is 1.54 bits per heavy atom. The van der Waals surface area contributed by atoms with Crippen LogP contribution in [0.5, 0.6) is 0 Å². The Hall–Kier alpha value is -1.32. The first-order valence-electron chi connectivity index (χ1n) is 4.23. The average molecular weight is 185 g/mol. The van der Waals surface area contributed by atoms with E-state index in [2.05, 4.69) is 11.7 Å². The standard InChI is InChI=1S/C9H15NO3/c1-4-7-13-10-8(5-2)9(11)12-6-3/h4H,1,5-7H2,2-3H3. The molecule has 74 valence electrons. The monoisotopic (exact) mass is 185 g/mol. The van der Waals surface area contributed by atoms with Gasteiger partial charge in [-0.3, -0.25) is 0 Å². The summed E-state index contributed by atoms with van der Waals surface area (Å²) in [6.45, 7) is 7.65. The molecule has 0 N–H and O–H groups in total. The van der Waals surface area contributed by atoms with E-state index in [4.69, 9.17) is 9.57 Å². The van der Waals surface area contributed by atoms with E-state index in [0.717, 1.165) is 0 Å². The number of esters is 1. The first-order valence-corrected chi connectivity index (χ1v) is 4.23. The van der Waals surface area contributed by atoms with Gasteiger partial charge in [0.1, 0.15) is 6.61 Å². The van der Waals surface area contributed by atoms with Gasteiger partial charge in [0.2, 0.25) is 0 Å². The molecule has 0 rings (SSSR count). The van der Waals surface area contributed by atoms with E-state index in [1.807, 2.05) is 6.92 Å². The Morgan fingerprint density at radius 3 is 2.69 bits per heavy atom. The lowest BCUT2D eigenvalue weighted by Gasteiger charge is -2.02. The Bertz CT molecular complexity index is 199. The molecular formula is C9H15NO3. The van der Waals surface area contributed by atoms with Crippen LogP contribution >= 0.6 is 0 Å². The highest BCUT2D eigenvalue weighted by Crippen LogP contribution is 1.92. The van der Waals surface area contributed by atoms with Gasteiger partial charge < -0.3 is 9.57 Å². The second-order valence-corrected chi connectivity index (χ2v) is 2.20. The Morgan fingerprint density at radius 2 is 2.23 bits per heavy atom. The van der Waals surface area contributed by atoms with Gasteiger partial charge in [0.05, 0.1) is 6.61 Å². The lowest BCUT2D eigenvalue weighted by atomic mass is 10.3. The summed E-state index contributed by atoms with van der Waals surface area (Å²) in [6.07, 6.45) is 2.05. The van der Waals surface area contributed by atoms with E-state index in [-0.39, 0.29) is 0 Å². The van der Waals surface area contributed by atoms with Crippen molar-refractivity contribution in [2.75, 3.05) is 13.2 Å². The molecule has 0 heterocycles. The quantitative estimate of drug-likeness (QED) is 0.207. The number of hydrogen-bond donors (Lipinski definition) is 0. The van der Waals surface area contributed by atoms with E-state index >= 15 is 0 Å². The third-order valence-corrected chi connectivity index (χ3v) is 1.21. The molecule has 0 spiro atoms. The summed E-state index contributed by atoms with van der Waals surface area (Å²) in [4.78, 5) is 15.9. The van der Waals surface area contributed by atoms with Crippen LogP contribution in [-0.4, -0.2) is 24.9 Å². The van der Waals surface area contributed by atoms with Crippen molar-refractivity contribution in [2.45, 2.75) is 20.3 Å². The molecule has 0 saturated carbocycles. The summed E-state index contributed by atoms with van der Waals surface area (Å²) in [5.41, 5.74) is 0.295. The van der Waals surface area contributed by atoms with Crippen molar-refractivity contribution in [3.63, 3.8) is 0 Å². The fourth-order valence-electron chi connectivity index (χ4n) is 0.628. The first-order chi connectivity index (χ1) is 6.26. The third kappa shape index (κ3) is 5.00. The topological polar surface area (TPSA) is 47.9 Å². The lowest BCUT2D eigenvalue weighted by Crippen LogP contribution is -2.17. The van der Waals surface area contributed by atoms with Gasteiger partial charge in [0, 0.05) is 0 Å². The van der Waals surface area contributed by atoms with Gasteiger partial charge in [-0.05, 0) is 13.3 Å². The van der Waals surface area contributed by atoms with Gasteiger partial charge in [-0.1, -0.05) is 24.7 Å². The normalized spacial score (nSPS) is 10.8. The van der Waals surface area contributed by atoms with Crippen molar-refractivity contribution >= 4 is 11.7 Å². The number of rotatable bonds is 6. The molecule has 0 saturated heterocycles. The number of carbonyl (C=O) groups excluding carboxylic acids is 1. The Labute approximate surface area is 78.2 Å². The van der Waals surface area contributed by atoms with Crippen molar-refractivity contribution in [3.05, 3.63) is 12.7 Å². The molecule has 0 unspecified atom stereocenters. The predicted molar refractivity (Wildman–Crippen MR) is 50.5 cm³/mol. The predicted octanol–water partition coefficient (Wildman–Crippen LogP) is 1.52. The van der Waals surface area contributed by atoms with Crippen molar-refractivity contribution in [1.82, 2.24) is 0 Å². The number of nitrogens with zero attached hydrogens (tertiary/aromatic N) is 1. The van der Waals surface area contributed by atoms with Crippen LogP contribution in [0, 0.1) is 0 Å². The van der Waals surface area contributed by atoms with Gasteiger partial charge in [-0.2, -0.15) is 0 Å². The van der Waals surface area contributed by atoms with Crippen LogP contribution in [0.4, 0.5) is 0 Å². The van der Waals surface area contributed by atoms with E-state index < -0.39 is 5.97 Å². The molecule has 0 amide bonds. The highest BCUT2D eigenvalue weighted by atomic mass is 16.6. The zero-order chi connectivity index (χ0) is 10.1. The maximum absolute atomic E-state index is 11.1. The second-order valence-electron chi connectivity index (χ2n) is 2.20. The minimum Gasteiger partial charge on any atom is -0.461 e. The summed E-state index contributed by atoms with van der Waals surface area (Å²) in [6, 6.07) is 0. The zero-order valence-electron chi connectivity index (χ0n) is 8.08. The lowest BCUT2D eigenvalue weighted by molar-refractivity contribution is -0.135. The molecule has 4 nitrogen and oxygen atoms in total. The molecule has 0 aromatic carbocycles. The van der Waals surface area contributed by atoms with Crippen molar-refractivity contribution in [1.29, 1.82) is 0 Å². The largest absolute Gasteiger partial charge is 0.461 e. The molecule has 4 heteroatoms. The van der Waals surface area contributed by atoms with Crippen LogP contribution in [0.2, 0.25) is 0 Å². The summed E-state index contributed by atoms with van der Waals surface area (Å²) < 4.78 is 4.75. The van der Waals surface area contributed by atoms with Gasteiger partial charge in [-0.15, -0.1) is 0 Å². The fraction of sp³-hybridized carbons (Fsp3) is 0.556.